The van der Waals surface area contributed by atoms with Gasteiger partial charge in [0.25, 0.3) is 0 Å². The average molecular weight is 265 g/mol. The summed E-state index contributed by atoms with van der Waals surface area (Å²) in [7, 11) is 1.92. The maximum absolute atomic E-state index is 13.6. The highest BCUT2D eigenvalue weighted by Crippen LogP contribution is 2.25. The first-order valence-corrected chi connectivity index (χ1v) is 6.63. The summed E-state index contributed by atoms with van der Waals surface area (Å²) >= 11 is 0. The SMILES string of the molecule is CC(=O)c1cc(F)c(C)cc1N(C)CC1CCCO1. The predicted molar refractivity (Wildman–Crippen MR) is 73.4 cm³/mol. The lowest BCUT2D eigenvalue weighted by Gasteiger charge is -2.25. The lowest BCUT2D eigenvalue weighted by Crippen LogP contribution is -2.29. The number of benzene rings is 1. The van der Waals surface area contributed by atoms with Crippen LogP contribution in [-0.4, -0.2) is 32.1 Å². The molecular weight excluding hydrogens is 245 g/mol. The van der Waals surface area contributed by atoms with Crippen molar-refractivity contribution < 1.29 is 13.9 Å². The standard InChI is InChI=1S/C15H20FNO2/c1-10-7-15(13(11(2)18)8-14(10)16)17(3)9-12-5-4-6-19-12/h7-8,12H,4-6,9H2,1-3H3. The Morgan fingerprint density at radius 1 is 1.53 bits per heavy atom. The molecule has 0 saturated carbocycles. The summed E-state index contributed by atoms with van der Waals surface area (Å²) in [6.07, 6.45) is 2.33. The second-order valence-corrected chi connectivity index (χ2v) is 5.19. The van der Waals surface area contributed by atoms with Crippen LogP contribution in [0.25, 0.3) is 0 Å². The van der Waals surface area contributed by atoms with Crippen molar-refractivity contribution in [3.05, 3.63) is 29.1 Å². The van der Waals surface area contributed by atoms with E-state index >= 15 is 0 Å². The molecule has 4 heteroatoms. The molecule has 1 unspecified atom stereocenters. The van der Waals surface area contributed by atoms with Gasteiger partial charge in [0, 0.05) is 31.5 Å². The zero-order valence-corrected chi connectivity index (χ0v) is 11.7. The molecule has 1 atom stereocenters. The monoisotopic (exact) mass is 265 g/mol. The highest BCUT2D eigenvalue weighted by atomic mass is 19.1. The fourth-order valence-corrected chi connectivity index (χ4v) is 2.46. The summed E-state index contributed by atoms with van der Waals surface area (Å²) in [6, 6.07) is 3.07. The second kappa shape index (κ2) is 5.70. The third-order valence-electron chi connectivity index (χ3n) is 3.57. The van der Waals surface area contributed by atoms with Gasteiger partial charge in [0.1, 0.15) is 5.82 Å². The van der Waals surface area contributed by atoms with Crippen LogP contribution in [-0.2, 0) is 4.74 Å². The Bertz CT molecular complexity index is 481. The third-order valence-corrected chi connectivity index (χ3v) is 3.57. The molecule has 104 valence electrons. The van der Waals surface area contributed by atoms with E-state index in [-0.39, 0.29) is 17.7 Å². The Kier molecular flexibility index (Phi) is 4.20. The molecule has 0 aliphatic carbocycles. The minimum Gasteiger partial charge on any atom is -0.376 e. The molecule has 1 heterocycles. The summed E-state index contributed by atoms with van der Waals surface area (Å²) in [5, 5.41) is 0. The molecule has 1 aliphatic heterocycles. The van der Waals surface area contributed by atoms with Crippen LogP contribution in [0, 0.1) is 12.7 Å². The number of halogens is 1. The number of likely N-dealkylation sites (N-methyl/N-ethyl adjacent to an activating group) is 1. The van der Waals surface area contributed by atoms with E-state index in [4.69, 9.17) is 4.74 Å². The van der Waals surface area contributed by atoms with Crippen molar-refractivity contribution in [1.29, 1.82) is 0 Å². The number of Topliss-reactive ketones (excluding diaryl/α,β-unsaturated/α-hetero) is 1. The van der Waals surface area contributed by atoms with Gasteiger partial charge in [-0.2, -0.15) is 0 Å². The number of aryl methyl sites for hydroxylation is 1. The first-order chi connectivity index (χ1) is 8.99. The smallest absolute Gasteiger partial charge is 0.161 e. The number of anilines is 1. The van der Waals surface area contributed by atoms with Crippen LogP contribution in [0.4, 0.5) is 10.1 Å². The molecule has 1 aromatic rings. The number of carbonyl (C=O) groups excluding carboxylic acids is 1. The number of rotatable bonds is 4. The largest absolute Gasteiger partial charge is 0.376 e. The topological polar surface area (TPSA) is 29.5 Å². The summed E-state index contributed by atoms with van der Waals surface area (Å²) in [4.78, 5) is 13.6. The number of nitrogens with zero attached hydrogens (tertiary/aromatic N) is 1. The number of hydrogen-bond donors (Lipinski definition) is 0. The van der Waals surface area contributed by atoms with Gasteiger partial charge in [0.2, 0.25) is 0 Å². The predicted octanol–water partition coefficient (Wildman–Crippen LogP) is 2.95. The minimum atomic E-state index is -0.334. The first kappa shape index (κ1) is 14.0. The van der Waals surface area contributed by atoms with Gasteiger partial charge in [-0.25, -0.2) is 4.39 Å². The van der Waals surface area contributed by atoms with E-state index in [0.29, 0.717) is 11.1 Å². The van der Waals surface area contributed by atoms with Crippen LogP contribution < -0.4 is 4.90 Å². The van der Waals surface area contributed by atoms with Gasteiger partial charge in [0.05, 0.1) is 6.10 Å². The second-order valence-electron chi connectivity index (χ2n) is 5.19. The molecule has 0 aromatic heterocycles. The van der Waals surface area contributed by atoms with E-state index in [1.807, 2.05) is 11.9 Å². The van der Waals surface area contributed by atoms with Crippen LogP contribution in [0.15, 0.2) is 12.1 Å². The summed E-state index contributed by atoms with van der Waals surface area (Å²) in [5.74, 6) is -0.451. The third kappa shape index (κ3) is 3.13. The molecule has 1 fully saturated rings. The van der Waals surface area contributed by atoms with Crippen LogP contribution in [0.1, 0.15) is 35.7 Å². The van der Waals surface area contributed by atoms with Crippen molar-refractivity contribution in [2.75, 3.05) is 25.1 Å². The maximum Gasteiger partial charge on any atom is 0.161 e. The van der Waals surface area contributed by atoms with E-state index in [1.54, 1.807) is 13.0 Å². The summed E-state index contributed by atoms with van der Waals surface area (Å²) in [6.45, 7) is 4.71. The van der Waals surface area contributed by atoms with Crippen LogP contribution >= 0.6 is 0 Å². The highest BCUT2D eigenvalue weighted by Gasteiger charge is 2.20. The van der Waals surface area contributed by atoms with E-state index in [9.17, 15) is 9.18 Å². The Morgan fingerprint density at radius 2 is 2.26 bits per heavy atom. The van der Waals surface area contributed by atoms with Gasteiger partial charge in [-0.3, -0.25) is 4.79 Å². The Hall–Kier alpha value is -1.42. The van der Waals surface area contributed by atoms with Crippen LogP contribution in [0.2, 0.25) is 0 Å². The van der Waals surface area contributed by atoms with Crippen molar-refractivity contribution in [3.8, 4) is 0 Å². The molecule has 1 aromatic carbocycles. The lowest BCUT2D eigenvalue weighted by molar-refractivity contribution is 0.101. The maximum atomic E-state index is 13.6. The van der Waals surface area contributed by atoms with Gasteiger partial charge in [0.15, 0.2) is 5.78 Å². The molecule has 0 radical (unpaired) electrons. The van der Waals surface area contributed by atoms with Crippen LogP contribution in [0.3, 0.4) is 0 Å². The van der Waals surface area contributed by atoms with Crippen molar-refractivity contribution in [2.45, 2.75) is 32.8 Å². The molecule has 0 N–H and O–H groups in total. The first-order valence-electron chi connectivity index (χ1n) is 6.63. The van der Waals surface area contributed by atoms with E-state index in [0.717, 1.165) is 31.7 Å². The number of hydrogen-bond acceptors (Lipinski definition) is 3. The highest BCUT2D eigenvalue weighted by molar-refractivity contribution is 5.99. The minimum absolute atomic E-state index is 0.118. The number of ketones is 1. The van der Waals surface area contributed by atoms with Gasteiger partial charge in [-0.05, 0) is 44.4 Å². The molecule has 3 nitrogen and oxygen atoms in total. The summed E-state index contributed by atoms with van der Waals surface area (Å²) in [5.41, 5.74) is 1.77. The van der Waals surface area contributed by atoms with E-state index in [2.05, 4.69) is 0 Å². The molecular formula is C15H20FNO2. The summed E-state index contributed by atoms with van der Waals surface area (Å²) < 4.78 is 19.2. The Morgan fingerprint density at radius 3 is 2.84 bits per heavy atom. The van der Waals surface area contributed by atoms with Crippen LogP contribution in [0.5, 0.6) is 0 Å². The molecule has 1 saturated heterocycles. The quantitative estimate of drug-likeness (QED) is 0.784. The lowest BCUT2D eigenvalue weighted by atomic mass is 10.0. The fourth-order valence-electron chi connectivity index (χ4n) is 2.46. The fraction of sp³-hybridized carbons (Fsp3) is 0.533. The van der Waals surface area contributed by atoms with Crippen molar-refractivity contribution >= 4 is 11.5 Å². The molecule has 0 spiro atoms. The molecule has 1 aliphatic rings. The normalized spacial score (nSPS) is 18.6. The van der Waals surface area contributed by atoms with E-state index in [1.165, 1.54) is 13.0 Å². The number of carbonyl (C=O) groups is 1. The van der Waals surface area contributed by atoms with E-state index < -0.39 is 0 Å². The molecule has 19 heavy (non-hydrogen) atoms. The average Bonchev–Trinajstić information content (AvgIpc) is 2.84. The van der Waals surface area contributed by atoms with Crippen molar-refractivity contribution in [1.82, 2.24) is 0 Å². The van der Waals surface area contributed by atoms with Gasteiger partial charge in [-0.1, -0.05) is 0 Å². The molecule has 2 rings (SSSR count). The molecule has 0 amide bonds. The zero-order valence-electron chi connectivity index (χ0n) is 11.7. The Labute approximate surface area is 113 Å². The van der Waals surface area contributed by atoms with Gasteiger partial charge >= 0.3 is 0 Å². The van der Waals surface area contributed by atoms with Crippen molar-refractivity contribution in [2.24, 2.45) is 0 Å². The van der Waals surface area contributed by atoms with Crippen molar-refractivity contribution in [3.63, 3.8) is 0 Å². The van der Waals surface area contributed by atoms with Gasteiger partial charge < -0.3 is 9.64 Å². The van der Waals surface area contributed by atoms with Gasteiger partial charge in [-0.15, -0.1) is 0 Å². The zero-order chi connectivity index (χ0) is 14.0. The molecule has 0 bridgehead atoms. The Balaban J connectivity index is 2.26. The number of ether oxygens (including phenoxy) is 1.